The van der Waals surface area contributed by atoms with E-state index in [4.69, 9.17) is 9.47 Å². The summed E-state index contributed by atoms with van der Waals surface area (Å²) in [5.41, 5.74) is 2.82. The van der Waals surface area contributed by atoms with Crippen molar-refractivity contribution in [1.82, 2.24) is 10.6 Å². The smallest absolute Gasteiger partial charge is 0.408 e. The number of allylic oxidation sites excluding steroid dienone is 1. The molecular formula is C37H48F2N2O5. The fraction of sp³-hybridized carbons (Fsp3) is 0.486. The van der Waals surface area contributed by atoms with Crippen LogP contribution in [-0.4, -0.2) is 36.2 Å². The fourth-order valence-electron chi connectivity index (χ4n) is 5.53. The predicted molar refractivity (Wildman–Crippen MR) is 176 cm³/mol. The first-order valence-corrected chi connectivity index (χ1v) is 16.1. The molecule has 1 aliphatic carbocycles. The lowest BCUT2D eigenvalue weighted by Gasteiger charge is -2.26. The largest absolute Gasteiger partial charge is 0.466 e. The molecular weight excluding hydrogens is 590 g/mol. The van der Waals surface area contributed by atoms with E-state index in [1.807, 2.05) is 19.1 Å². The van der Waals surface area contributed by atoms with Crippen LogP contribution in [0.3, 0.4) is 0 Å². The molecule has 0 spiro atoms. The Morgan fingerprint density at radius 1 is 1.04 bits per heavy atom. The van der Waals surface area contributed by atoms with Crippen molar-refractivity contribution in [3.8, 4) is 11.1 Å². The first-order valence-electron chi connectivity index (χ1n) is 16.1. The molecule has 0 heterocycles. The molecule has 3 rings (SSSR count). The van der Waals surface area contributed by atoms with Crippen LogP contribution in [0.2, 0.25) is 0 Å². The van der Waals surface area contributed by atoms with Crippen LogP contribution >= 0.6 is 0 Å². The highest BCUT2D eigenvalue weighted by Crippen LogP contribution is 2.45. The molecule has 2 aromatic rings. The van der Waals surface area contributed by atoms with Crippen LogP contribution in [0.1, 0.15) is 107 Å². The SMILES string of the molecule is C=CCCCCc1cc(F)cc(C)c1-c1cc(C2CC2)c(F)c([C@H](CC(=O)OCC)NC(=O)[C@H](CC=C)NC(=O)OC(C)(C)C)c1. The van der Waals surface area contributed by atoms with Crippen molar-refractivity contribution in [2.45, 2.75) is 110 Å². The Balaban J connectivity index is 2.10. The second-order valence-corrected chi connectivity index (χ2v) is 12.8. The third-order valence-corrected chi connectivity index (χ3v) is 7.70. The monoisotopic (exact) mass is 638 g/mol. The molecule has 250 valence electrons. The third kappa shape index (κ3) is 10.5. The maximum Gasteiger partial charge on any atom is 0.408 e. The van der Waals surface area contributed by atoms with Gasteiger partial charge >= 0.3 is 12.1 Å². The van der Waals surface area contributed by atoms with Gasteiger partial charge in [0.1, 0.15) is 23.3 Å². The van der Waals surface area contributed by atoms with Crippen LogP contribution in [0, 0.1) is 18.6 Å². The zero-order valence-electron chi connectivity index (χ0n) is 27.8. The first kappa shape index (κ1) is 36.5. The molecule has 7 nitrogen and oxygen atoms in total. The van der Waals surface area contributed by atoms with Gasteiger partial charge in [-0.25, -0.2) is 13.6 Å². The molecule has 0 radical (unpaired) electrons. The van der Waals surface area contributed by atoms with Gasteiger partial charge in [-0.15, -0.1) is 13.2 Å². The second kappa shape index (κ2) is 16.5. The Labute approximate surface area is 271 Å². The molecule has 2 aromatic carbocycles. The molecule has 1 fully saturated rings. The molecule has 2 amide bonds. The van der Waals surface area contributed by atoms with Crippen LogP contribution in [0.5, 0.6) is 0 Å². The molecule has 1 saturated carbocycles. The van der Waals surface area contributed by atoms with Crippen molar-refractivity contribution in [2.24, 2.45) is 0 Å². The summed E-state index contributed by atoms with van der Waals surface area (Å²) in [6.07, 6.45) is 7.07. The van der Waals surface area contributed by atoms with Gasteiger partial charge < -0.3 is 20.1 Å². The standard InChI is InChI=1S/C37H48F2N2O5/c1-8-11-12-13-15-25-19-27(38)18-23(4)33(25)26-20-28(24-16-17-24)34(39)29(21-26)31(22-32(42)45-10-3)40-35(43)30(14-9-2)41-36(44)46-37(5,6)7/h8-9,18-21,24,30-31H,1-2,10-17,22H2,3-7H3,(H,40,43)(H,41,44)/t30-,31-/m0/s1. The lowest BCUT2D eigenvalue weighted by atomic mass is 9.87. The summed E-state index contributed by atoms with van der Waals surface area (Å²) in [6, 6.07) is 4.24. The molecule has 0 saturated heterocycles. The molecule has 0 aromatic heterocycles. The number of amides is 2. The lowest BCUT2D eigenvalue weighted by molar-refractivity contribution is -0.143. The number of unbranched alkanes of at least 4 members (excludes halogenated alkanes) is 2. The topological polar surface area (TPSA) is 93.7 Å². The first-order chi connectivity index (χ1) is 21.8. The van der Waals surface area contributed by atoms with Crippen LogP contribution in [0.4, 0.5) is 13.6 Å². The minimum Gasteiger partial charge on any atom is -0.466 e. The van der Waals surface area contributed by atoms with Gasteiger partial charge in [0.15, 0.2) is 0 Å². The number of nitrogens with one attached hydrogen (secondary N) is 2. The predicted octanol–water partition coefficient (Wildman–Crippen LogP) is 8.30. The number of alkyl carbamates (subject to hydrolysis) is 1. The number of benzene rings is 2. The number of ether oxygens (including phenoxy) is 2. The Kier molecular flexibility index (Phi) is 13.1. The second-order valence-electron chi connectivity index (χ2n) is 12.8. The molecule has 2 N–H and O–H groups in total. The van der Waals surface area contributed by atoms with Crippen molar-refractivity contribution in [1.29, 1.82) is 0 Å². The zero-order valence-corrected chi connectivity index (χ0v) is 27.8. The van der Waals surface area contributed by atoms with Gasteiger partial charge in [-0.3, -0.25) is 9.59 Å². The van der Waals surface area contributed by atoms with E-state index in [-0.39, 0.29) is 36.7 Å². The third-order valence-electron chi connectivity index (χ3n) is 7.70. The molecule has 46 heavy (non-hydrogen) atoms. The molecule has 1 aliphatic rings. The average molecular weight is 639 g/mol. The minimum atomic E-state index is -1.12. The van der Waals surface area contributed by atoms with E-state index < -0.39 is 41.5 Å². The van der Waals surface area contributed by atoms with E-state index in [1.165, 1.54) is 18.2 Å². The number of halogens is 2. The summed E-state index contributed by atoms with van der Waals surface area (Å²) in [5, 5.41) is 5.35. The normalized spacial score (nSPS) is 14.2. The summed E-state index contributed by atoms with van der Waals surface area (Å²) in [4.78, 5) is 39.0. The van der Waals surface area contributed by atoms with Gasteiger partial charge in [-0.2, -0.15) is 0 Å². The van der Waals surface area contributed by atoms with Crippen LogP contribution in [-0.2, 0) is 25.5 Å². The Morgan fingerprint density at radius 2 is 1.76 bits per heavy atom. The van der Waals surface area contributed by atoms with Gasteiger partial charge in [-0.05, 0) is 138 Å². The van der Waals surface area contributed by atoms with Crippen molar-refractivity contribution in [3.63, 3.8) is 0 Å². The van der Waals surface area contributed by atoms with E-state index >= 15 is 4.39 Å². The summed E-state index contributed by atoms with van der Waals surface area (Å²) in [7, 11) is 0. The van der Waals surface area contributed by atoms with E-state index in [9.17, 15) is 18.8 Å². The van der Waals surface area contributed by atoms with Crippen molar-refractivity contribution in [3.05, 3.63) is 83.5 Å². The number of esters is 1. The number of rotatable bonds is 16. The Hall–Kier alpha value is -4.01. The van der Waals surface area contributed by atoms with Crippen LogP contribution in [0.25, 0.3) is 11.1 Å². The Morgan fingerprint density at radius 3 is 2.37 bits per heavy atom. The molecule has 0 unspecified atom stereocenters. The van der Waals surface area contributed by atoms with Crippen molar-refractivity contribution < 1.29 is 32.6 Å². The number of hydrogen-bond donors (Lipinski definition) is 2. The lowest BCUT2D eigenvalue weighted by Crippen LogP contribution is -2.49. The summed E-state index contributed by atoms with van der Waals surface area (Å²) in [5.74, 6) is -2.11. The number of carbonyl (C=O) groups is 3. The molecule has 0 aliphatic heterocycles. The van der Waals surface area contributed by atoms with Gasteiger partial charge in [0.2, 0.25) is 5.91 Å². The Bertz CT molecular complexity index is 1430. The fourth-order valence-corrected chi connectivity index (χ4v) is 5.53. The van der Waals surface area contributed by atoms with E-state index in [1.54, 1.807) is 33.8 Å². The highest BCUT2D eigenvalue weighted by atomic mass is 19.1. The minimum absolute atomic E-state index is 0.00297. The van der Waals surface area contributed by atoms with Crippen molar-refractivity contribution in [2.75, 3.05) is 6.61 Å². The maximum atomic E-state index is 16.4. The van der Waals surface area contributed by atoms with E-state index in [0.29, 0.717) is 23.1 Å². The maximum absolute atomic E-state index is 16.4. The number of carbonyl (C=O) groups excluding carboxylic acids is 3. The summed E-state index contributed by atoms with van der Waals surface area (Å²) < 4.78 is 41.6. The highest BCUT2D eigenvalue weighted by molar-refractivity contribution is 5.87. The molecule has 2 atom stereocenters. The quantitative estimate of drug-likeness (QED) is 0.110. The zero-order chi connectivity index (χ0) is 34.0. The van der Waals surface area contributed by atoms with Crippen LogP contribution < -0.4 is 10.6 Å². The summed E-state index contributed by atoms with van der Waals surface area (Å²) >= 11 is 0. The van der Waals surface area contributed by atoms with Gasteiger partial charge in [0, 0.05) is 5.56 Å². The van der Waals surface area contributed by atoms with Gasteiger partial charge in [-0.1, -0.05) is 12.2 Å². The highest BCUT2D eigenvalue weighted by Gasteiger charge is 2.33. The number of aryl methyl sites for hydroxylation is 2. The number of hydrogen-bond acceptors (Lipinski definition) is 5. The molecule has 9 heteroatoms. The average Bonchev–Trinajstić information content (AvgIpc) is 3.79. The van der Waals surface area contributed by atoms with Gasteiger partial charge in [0.25, 0.3) is 0 Å². The van der Waals surface area contributed by atoms with Crippen molar-refractivity contribution >= 4 is 18.0 Å². The van der Waals surface area contributed by atoms with Crippen LogP contribution in [0.15, 0.2) is 49.6 Å². The molecule has 0 bridgehead atoms. The van der Waals surface area contributed by atoms with Gasteiger partial charge in [0.05, 0.1) is 19.1 Å². The van der Waals surface area contributed by atoms with E-state index in [0.717, 1.165) is 43.2 Å². The summed E-state index contributed by atoms with van der Waals surface area (Å²) in [6.45, 7) is 16.2. The van der Waals surface area contributed by atoms with E-state index in [2.05, 4.69) is 23.8 Å².